The Morgan fingerprint density at radius 1 is 1.35 bits per heavy atom. The zero-order chi connectivity index (χ0) is 12.3. The zero-order valence-electron chi connectivity index (χ0n) is 10.1. The monoisotopic (exact) mass is 293 g/mol. The summed E-state index contributed by atoms with van der Waals surface area (Å²) in [6, 6.07) is 10.3. The number of aromatic nitrogens is 2. The molecule has 1 heterocycles. The van der Waals surface area contributed by atoms with Gasteiger partial charge in [0.1, 0.15) is 0 Å². The molecule has 4 heteroatoms. The third kappa shape index (κ3) is 3.09. The number of aryl methyl sites for hydroxylation is 2. The molecule has 0 aliphatic heterocycles. The van der Waals surface area contributed by atoms with Crippen molar-refractivity contribution in [1.82, 2.24) is 9.78 Å². The Balaban J connectivity index is 2.06. The molecule has 2 rings (SSSR count). The van der Waals surface area contributed by atoms with Gasteiger partial charge >= 0.3 is 0 Å². The van der Waals surface area contributed by atoms with Crippen molar-refractivity contribution in [2.75, 3.05) is 5.32 Å². The van der Waals surface area contributed by atoms with Crippen LogP contribution in [0, 0.1) is 6.92 Å². The number of anilines is 1. The first-order valence-corrected chi connectivity index (χ1v) is 6.51. The van der Waals surface area contributed by atoms with Crippen LogP contribution in [0.4, 0.5) is 5.69 Å². The molecule has 0 fully saturated rings. The number of nitrogens with zero attached hydrogens (tertiary/aromatic N) is 2. The van der Waals surface area contributed by atoms with Crippen molar-refractivity contribution in [2.24, 2.45) is 0 Å². The lowest BCUT2D eigenvalue weighted by Gasteiger charge is -2.08. The van der Waals surface area contributed by atoms with E-state index in [-0.39, 0.29) is 0 Å². The molecule has 17 heavy (non-hydrogen) atoms. The van der Waals surface area contributed by atoms with Gasteiger partial charge in [0.25, 0.3) is 0 Å². The van der Waals surface area contributed by atoms with Gasteiger partial charge in [-0.25, -0.2) is 0 Å². The molecule has 1 aromatic carbocycles. The molecule has 1 aromatic heterocycles. The molecule has 0 bridgehead atoms. The van der Waals surface area contributed by atoms with Crippen molar-refractivity contribution in [3.8, 4) is 0 Å². The first-order chi connectivity index (χ1) is 8.19. The average molecular weight is 294 g/mol. The van der Waals surface area contributed by atoms with Gasteiger partial charge < -0.3 is 5.32 Å². The second-order valence-corrected chi connectivity index (χ2v) is 4.87. The van der Waals surface area contributed by atoms with E-state index in [4.69, 9.17) is 0 Å². The summed E-state index contributed by atoms with van der Waals surface area (Å²) in [6.45, 7) is 5.83. The van der Waals surface area contributed by atoms with Crippen LogP contribution in [0.3, 0.4) is 0 Å². The number of rotatable bonds is 4. The summed E-state index contributed by atoms with van der Waals surface area (Å²) in [6.07, 6.45) is 0. The van der Waals surface area contributed by atoms with Gasteiger partial charge in [-0.1, -0.05) is 22.0 Å². The third-order valence-electron chi connectivity index (χ3n) is 2.58. The quantitative estimate of drug-likeness (QED) is 0.934. The molecule has 0 saturated carbocycles. The maximum Gasteiger partial charge on any atom is 0.0597 e. The molecule has 0 atom stereocenters. The van der Waals surface area contributed by atoms with Crippen molar-refractivity contribution >= 4 is 21.6 Å². The minimum absolute atomic E-state index is 0.797. The number of benzene rings is 1. The lowest BCUT2D eigenvalue weighted by atomic mass is 10.3. The molecular weight excluding hydrogens is 278 g/mol. The summed E-state index contributed by atoms with van der Waals surface area (Å²) in [5, 5.41) is 7.83. The number of nitrogens with one attached hydrogen (secondary N) is 1. The Morgan fingerprint density at radius 2 is 2.18 bits per heavy atom. The van der Waals surface area contributed by atoms with Gasteiger partial charge in [-0.05, 0) is 38.1 Å². The molecule has 0 spiro atoms. The molecule has 0 aliphatic carbocycles. The van der Waals surface area contributed by atoms with E-state index in [1.54, 1.807) is 0 Å². The number of halogens is 1. The lowest BCUT2D eigenvalue weighted by Crippen LogP contribution is -2.07. The smallest absolute Gasteiger partial charge is 0.0597 e. The molecule has 0 aliphatic rings. The maximum absolute atomic E-state index is 4.43. The van der Waals surface area contributed by atoms with Crippen LogP contribution in [0.25, 0.3) is 0 Å². The topological polar surface area (TPSA) is 29.9 Å². The summed E-state index contributed by atoms with van der Waals surface area (Å²) in [4.78, 5) is 0. The summed E-state index contributed by atoms with van der Waals surface area (Å²) in [7, 11) is 0. The van der Waals surface area contributed by atoms with Gasteiger partial charge in [0.15, 0.2) is 0 Å². The highest BCUT2D eigenvalue weighted by Crippen LogP contribution is 2.16. The highest BCUT2D eigenvalue weighted by atomic mass is 79.9. The van der Waals surface area contributed by atoms with Crippen LogP contribution in [0.1, 0.15) is 18.3 Å². The Hall–Kier alpha value is -1.29. The first kappa shape index (κ1) is 12.2. The molecule has 3 nitrogen and oxygen atoms in total. The second kappa shape index (κ2) is 5.36. The second-order valence-electron chi connectivity index (χ2n) is 3.96. The lowest BCUT2D eigenvalue weighted by molar-refractivity contribution is 0.623. The largest absolute Gasteiger partial charge is 0.379 e. The molecule has 0 unspecified atom stereocenters. The normalized spacial score (nSPS) is 10.5. The Kier molecular flexibility index (Phi) is 3.84. The van der Waals surface area contributed by atoms with Crippen LogP contribution in [-0.2, 0) is 13.1 Å². The van der Waals surface area contributed by atoms with E-state index in [0.717, 1.165) is 28.9 Å². The van der Waals surface area contributed by atoms with Crippen molar-refractivity contribution in [2.45, 2.75) is 26.9 Å². The first-order valence-electron chi connectivity index (χ1n) is 5.72. The SMILES string of the molecule is CCn1nc(C)cc1CNc1cccc(Br)c1. The molecule has 0 saturated heterocycles. The van der Waals surface area contributed by atoms with Gasteiger partial charge in [0, 0.05) is 16.7 Å². The van der Waals surface area contributed by atoms with Gasteiger partial charge in [-0.2, -0.15) is 5.10 Å². The third-order valence-corrected chi connectivity index (χ3v) is 3.08. The van der Waals surface area contributed by atoms with Crippen molar-refractivity contribution in [3.63, 3.8) is 0 Å². The highest BCUT2D eigenvalue weighted by Gasteiger charge is 2.03. The average Bonchev–Trinajstić information content (AvgIpc) is 2.67. The van der Waals surface area contributed by atoms with Gasteiger partial charge in [-0.3, -0.25) is 4.68 Å². The minimum Gasteiger partial charge on any atom is -0.379 e. The van der Waals surface area contributed by atoms with Crippen LogP contribution in [-0.4, -0.2) is 9.78 Å². The standard InChI is InChI=1S/C13H16BrN3/c1-3-17-13(7-10(2)16-17)9-15-12-6-4-5-11(14)8-12/h4-8,15H,3,9H2,1-2H3. The highest BCUT2D eigenvalue weighted by molar-refractivity contribution is 9.10. The van der Waals surface area contributed by atoms with Gasteiger partial charge in [0.05, 0.1) is 17.9 Å². The van der Waals surface area contributed by atoms with E-state index in [9.17, 15) is 0 Å². The van der Waals surface area contributed by atoms with Gasteiger partial charge in [0.2, 0.25) is 0 Å². The van der Waals surface area contributed by atoms with E-state index in [0.29, 0.717) is 0 Å². The number of hydrogen-bond donors (Lipinski definition) is 1. The fourth-order valence-corrected chi connectivity index (χ4v) is 2.21. The Labute approximate surface area is 110 Å². The maximum atomic E-state index is 4.43. The van der Waals surface area contributed by atoms with Gasteiger partial charge in [-0.15, -0.1) is 0 Å². The summed E-state index contributed by atoms with van der Waals surface area (Å²) in [5.41, 5.74) is 3.39. The molecule has 0 radical (unpaired) electrons. The van der Waals surface area contributed by atoms with Crippen LogP contribution in [0.2, 0.25) is 0 Å². The fraction of sp³-hybridized carbons (Fsp3) is 0.308. The van der Waals surface area contributed by atoms with E-state index >= 15 is 0 Å². The van der Waals surface area contributed by atoms with Crippen LogP contribution in [0.15, 0.2) is 34.8 Å². The molecule has 1 N–H and O–H groups in total. The Morgan fingerprint density at radius 3 is 2.88 bits per heavy atom. The molecule has 90 valence electrons. The summed E-state index contributed by atoms with van der Waals surface area (Å²) >= 11 is 3.46. The fourth-order valence-electron chi connectivity index (χ4n) is 1.81. The van der Waals surface area contributed by atoms with Crippen molar-refractivity contribution < 1.29 is 0 Å². The Bertz CT molecular complexity index is 505. The van der Waals surface area contributed by atoms with Crippen molar-refractivity contribution in [3.05, 3.63) is 46.2 Å². The molecule has 2 aromatic rings. The summed E-state index contributed by atoms with van der Waals surface area (Å²) in [5.74, 6) is 0. The number of hydrogen-bond acceptors (Lipinski definition) is 2. The van der Waals surface area contributed by atoms with Crippen LogP contribution in [0.5, 0.6) is 0 Å². The van der Waals surface area contributed by atoms with E-state index in [1.807, 2.05) is 23.7 Å². The van der Waals surface area contributed by atoms with E-state index < -0.39 is 0 Å². The van der Waals surface area contributed by atoms with Crippen LogP contribution >= 0.6 is 15.9 Å². The van der Waals surface area contributed by atoms with E-state index in [1.165, 1.54) is 5.69 Å². The predicted molar refractivity (Wildman–Crippen MR) is 74.1 cm³/mol. The zero-order valence-corrected chi connectivity index (χ0v) is 11.7. The predicted octanol–water partition coefficient (Wildman–Crippen LogP) is 3.59. The minimum atomic E-state index is 0.797. The van der Waals surface area contributed by atoms with E-state index in [2.05, 4.69) is 51.5 Å². The molecular formula is C13H16BrN3. The van der Waals surface area contributed by atoms with Crippen molar-refractivity contribution in [1.29, 1.82) is 0 Å². The van der Waals surface area contributed by atoms with Crippen LogP contribution < -0.4 is 5.32 Å². The molecule has 0 amide bonds. The summed E-state index contributed by atoms with van der Waals surface area (Å²) < 4.78 is 3.11.